The number of carbonyl (C=O) groups excluding carboxylic acids is 1. The first-order chi connectivity index (χ1) is 8.03. The summed E-state index contributed by atoms with van der Waals surface area (Å²) in [5.41, 5.74) is 3.38. The minimum Gasteiger partial charge on any atom is -0.289 e. The van der Waals surface area contributed by atoms with Gasteiger partial charge in [-0.05, 0) is 18.3 Å². The highest BCUT2D eigenvalue weighted by Crippen LogP contribution is 2.27. The Morgan fingerprint density at radius 3 is 2.53 bits per heavy atom. The van der Waals surface area contributed by atoms with Crippen LogP contribution in [-0.2, 0) is 4.79 Å². The van der Waals surface area contributed by atoms with Crippen molar-refractivity contribution < 1.29 is 4.79 Å². The Morgan fingerprint density at radius 1 is 1.24 bits per heavy atom. The van der Waals surface area contributed by atoms with Crippen molar-refractivity contribution >= 4 is 5.91 Å². The van der Waals surface area contributed by atoms with Gasteiger partial charge in [0.25, 0.3) is 0 Å². The molecule has 1 heterocycles. The number of hydrogen-bond donors (Lipinski definition) is 1. The lowest BCUT2D eigenvalue weighted by Gasteiger charge is -2.20. The molecule has 1 N–H and O–H groups in total. The van der Waals surface area contributed by atoms with E-state index >= 15 is 0 Å². The van der Waals surface area contributed by atoms with Gasteiger partial charge in [-0.1, -0.05) is 46.5 Å². The zero-order chi connectivity index (χ0) is 12.7. The van der Waals surface area contributed by atoms with Crippen LogP contribution in [0, 0.1) is 5.41 Å². The highest BCUT2D eigenvalue weighted by Gasteiger charge is 2.29. The molecule has 1 amide bonds. The number of amides is 1. The van der Waals surface area contributed by atoms with Gasteiger partial charge in [-0.15, -0.1) is 0 Å². The molecule has 0 aromatic rings. The molecule has 1 aliphatic heterocycles. The van der Waals surface area contributed by atoms with Gasteiger partial charge >= 0.3 is 0 Å². The number of hydrazine groups is 1. The number of nitrogens with one attached hydrogen (secondary N) is 1. The zero-order valence-corrected chi connectivity index (χ0v) is 11.7. The maximum Gasteiger partial charge on any atom is 0.234 e. The third-order valence-corrected chi connectivity index (χ3v) is 3.47. The number of nitrogens with zero attached hydrogens (tertiary/aromatic N) is 1. The van der Waals surface area contributed by atoms with Crippen molar-refractivity contribution in [3.8, 4) is 0 Å². The quantitative estimate of drug-likeness (QED) is 0.693. The fraction of sp³-hybridized carbons (Fsp3) is 0.929. The Labute approximate surface area is 106 Å². The summed E-state index contributed by atoms with van der Waals surface area (Å²) in [5, 5.41) is 2.08. The summed E-state index contributed by atoms with van der Waals surface area (Å²) >= 11 is 0. The molecular formula is C14H28N2O. The Morgan fingerprint density at radius 2 is 1.94 bits per heavy atom. The van der Waals surface area contributed by atoms with Crippen LogP contribution in [0.4, 0.5) is 0 Å². The lowest BCUT2D eigenvalue weighted by atomic mass is 9.93. The van der Waals surface area contributed by atoms with E-state index in [9.17, 15) is 4.79 Å². The van der Waals surface area contributed by atoms with E-state index in [2.05, 4.69) is 31.2 Å². The molecule has 3 nitrogen and oxygen atoms in total. The first-order valence-corrected chi connectivity index (χ1v) is 7.08. The van der Waals surface area contributed by atoms with E-state index in [1.165, 1.54) is 32.1 Å². The molecule has 0 atom stereocenters. The lowest BCUT2D eigenvalue weighted by Crippen LogP contribution is -2.41. The third-order valence-electron chi connectivity index (χ3n) is 3.47. The van der Waals surface area contributed by atoms with Crippen molar-refractivity contribution in [3.05, 3.63) is 0 Å². The van der Waals surface area contributed by atoms with Gasteiger partial charge in [0.15, 0.2) is 0 Å². The SMILES string of the molecule is CCCCCCCC(=O)NN1CCC(C)(C)C1. The van der Waals surface area contributed by atoms with E-state index in [-0.39, 0.29) is 5.91 Å². The highest BCUT2D eigenvalue weighted by atomic mass is 16.2. The van der Waals surface area contributed by atoms with Gasteiger partial charge in [0.05, 0.1) is 0 Å². The summed E-state index contributed by atoms with van der Waals surface area (Å²) in [5.74, 6) is 0.194. The van der Waals surface area contributed by atoms with Crippen molar-refractivity contribution in [2.45, 2.75) is 65.7 Å². The van der Waals surface area contributed by atoms with E-state index in [1.807, 2.05) is 0 Å². The van der Waals surface area contributed by atoms with Crippen LogP contribution in [0.3, 0.4) is 0 Å². The normalized spacial score (nSPS) is 19.5. The van der Waals surface area contributed by atoms with Crippen molar-refractivity contribution in [1.29, 1.82) is 0 Å². The fourth-order valence-electron chi connectivity index (χ4n) is 2.33. The molecule has 0 unspecified atom stereocenters. The minimum atomic E-state index is 0.194. The molecule has 0 aromatic heterocycles. The van der Waals surface area contributed by atoms with E-state index in [4.69, 9.17) is 0 Å². The number of rotatable bonds is 7. The van der Waals surface area contributed by atoms with E-state index < -0.39 is 0 Å². The number of unbranched alkanes of at least 4 members (excludes halogenated alkanes) is 4. The smallest absolute Gasteiger partial charge is 0.234 e. The first kappa shape index (κ1) is 14.5. The fourth-order valence-corrected chi connectivity index (χ4v) is 2.33. The van der Waals surface area contributed by atoms with Gasteiger partial charge in [-0.3, -0.25) is 10.2 Å². The molecule has 1 rings (SSSR count). The second-order valence-corrected chi connectivity index (χ2v) is 6.03. The van der Waals surface area contributed by atoms with Gasteiger partial charge < -0.3 is 0 Å². The summed E-state index contributed by atoms with van der Waals surface area (Å²) in [6.45, 7) is 8.69. The Bertz CT molecular complexity index is 238. The molecule has 0 aliphatic carbocycles. The maximum absolute atomic E-state index is 11.7. The van der Waals surface area contributed by atoms with Crippen LogP contribution in [0.25, 0.3) is 0 Å². The summed E-state index contributed by atoms with van der Waals surface area (Å²) in [4.78, 5) is 11.7. The summed E-state index contributed by atoms with van der Waals surface area (Å²) in [7, 11) is 0. The maximum atomic E-state index is 11.7. The Hall–Kier alpha value is -0.570. The summed E-state index contributed by atoms with van der Waals surface area (Å²) in [6, 6.07) is 0. The standard InChI is InChI=1S/C14H28N2O/c1-4-5-6-7-8-9-13(17)15-16-11-10-14(2,3)12-16/h4-12H2,1-3H3,(H,15,17). The molecule has 0 radical (unpaired) electrons. The first-order valence-electron chi connectivity index (χ1n) is 7.08. The second-order valence-electron chi connectivity index (χ2n) is 6.03. The van der Waals surface area contributed by atoms with Crippen molar-refractivity contribution in [3.63, 3.8) is 0 Å². The average Bonchev–Trinajstić information content (AvgIpc) is 2.57. The molecule has 1 saturated heterocycles. The average molecular weight is 240 g/mol. The van der Waals surface area contributed by atoms with Gasteiger partial charge in [-0.2, -0.15) is 0 Å². The minimum absolute atomic E-state index is 0.194. The predicted octanol–water partition coefficient (Wildman–Crippen LogP) is 3.11. The monoisotopic (exact) mass is 240 g/mol. The van der Waals surface area contributed by atoms with Crippen molar-refractivity contribution in [2.24, 2.45) is 5.41 Å². The number of carbonyl (C=O) groups is 1. The van der Waals surface area contributed by atoms with E-state index in [0.717, 1.165) is 19.5 Å². The van der Waals surface area contributed by atoms with Crippen molar-refractivity contribution in [1.82, 2.24) is 10.4 Å². The van der Waals surface area contributed by atoms with Crippen LogP contribution in [0.2, 0.25) is 0 Å². The third kappa shape index (κ3) is 6.06. The highest BCUT2D eigenvalue weighted by molar-refractivity contribution is 5.75. The zero-order valence-electron chi connectivity index (χ0n) is 11.7. The van der Waals surface area contributed by atoms with Crippen LogP contribution < -0.4 is 5.43 Å². The molecule has 3 heteroatoms. The molecule has 0 spiro atoms. The van der Waals surface area contributed by atoms with Crippen LogP contribution in [0.1, 0.15) is 65.7 Å². The molecule has 100 valence electrons. The van der Waals surface area contributed by atoms with Gasteiger partial charge in [-0.25, -0.2) is 5.01 Å². The molecular weight excluding hydrogens is 212 g/mol. The number of hydrogen-bond acceptors (Lipinski definition) is 2. The summed E-state index contributed by atoms with van der Waals surface area (Å²) in [6.07, 6.45) is 7.89. The van der Waals surface area contributed by atoms with Crippen LogP contribution in [-0.4, -0.2) is 24.0 Å². The Kier molecular flexibility index (Phi) is 5.96. The molecule has 17 heavy (non-hydrogen) atoms. The largest absolute Gasteiger partial charge is 0.289 e. The second kappa shape index (κ2) is 7.00. The van der Waals surface area contributed by atoms with Gasteiger partial charge in [0.1, 0.15) is 0 Å². The molecule has 1 aliphatic rings. The molecule has 0 aromatic carbocycles. The van der Waals surface area contributed by atoms with E-state index in [1.54, 1.807) is 0 Å². The van der Waals surface area contributed by atoms with Gasteiger partial charge in [0.2, 0.25) is 5.91 Å². The van der Waals surface area contributed by atoms with Crippen LogP contribution in [0.5, 0.6) is 0 Å². The summed E-state index contributed by atoms with van der Waals surface area (Å²) < 4.78 is 0. The lowest BCUT2D eigenvalue weighted by molar-refractivity contribution is -0.125. The Balaban J connectivity index is 2.05. The molecule has 0 bridgehead atoms. The molecule has 1 fully saturated rings. The van der Waals surface area contributed by atoms with E-state index in [0.29, 0.717) is 11.8 Å². The van der Waals surface area contributed by atoms with Crippen LogP contribution in [0.15, 0.2) is 0 Å². The molecule has 0 saturated carbocycles. The van der Waals surface area contributed by atoms with Gasteiger partial charge in [0, 0.05) is 19.5 Å². The topological polar surface area (TPSA) is 32.3 Å². The van der Waals surface area contributed by atoms with Crippen molar-refractivity contribution in [2.75, 3.05) is 13.1 Å². The van der Waals surface area contributed by atoms with Crippen LogP contribution >= 0.6 is 0 Å². The predicted molar refractivity (Wildman–Crippen MR) is 71.5 cm³/mol.